The zero-order valence-electron chi connectivity index (χ0n) is 19.3. The van der Waals surface area contributed by atoms with Crippen LogP contribution in [0.5, 0.6) is 5.75 Å². The predicted octanol–water partition coefficient (Wildman–Crippen LogP) is 7.87. The molecule has 0 saturated heterocycles. The highest BCUT2D eigenvalue weighted by molar-refractivity contribution is 6.02. The monoisotopic (exact) mass is 409 g/mol. The fraction of sp³-hybridized carbons (Fsp3) is 0.276. The Morgan fingerprint density at radius 2 is 1.13 bits per heavy atom. The van der Waals surface area contributed by atoms with Crippen LogP contribution in [0.4, 0.5) is 0 Å². The van der Waals surface area contributed by atoms with Crippen molar-refractivity contribution in [1.29, 1.82) is 0 Å². The first-order valence-corrected chi connectivity index (χ1v) is 10.9. The summed E-state index contributed by atoms with van der Waals surface area (Å²) in [5.41, 5.74) is 7.41. The minimum absolute atomic E-state index is 0.0888. The van der Waals surface area contributed by atoms with E-state index >= 15 is 0 Å². The maximum atomic E-state index is 11.1. The van der Waals surface area contributed by atoms with Gasteiger partial charge in [-0.1, -0.05) is 96.1 Å². The van der Waals surface area contributed by atoms with Gasteiger partial charge < -0.3 is 5.11 Å². The van der Waals surface area contributed by atoms with Gasteiger partial charge in [-0.25, -0.2) is 0 Å². The Labute approximate surface area is 185 Å². The third-order valence-electron chi connectivity index (χ3n) is 5.99. The number of aromatic nitrogens is 1. The third-order valence-corrected chi connectivity index (χ3v) is 5.99. The van der Waals surface area contributed by atoms with E-state index in [1.807, 2.05) is 12.1 Å². The SMILES string of the molecule is CC(C)(C)c1ccc(-c2cc(-c3ccc(C(C)(C)C)cc3)c3cccnc3c2O)cc1. The Balaban J connectivity index is 1.90. The molecular weight excluding hydrogens is 378 g/mol. The van der Waals surface area contributed by atoms with E-state index in [1.165, 1.54) is 11.1 Å². The van der Waals surface area contributed by atoms with Crippen LogP contribution in [0.25, 0.3) is 33.2 Å². The Hall–Kier alpha value is -3.13. The van der Waals surface area contributed by atoms with E-state index in [9.17, 15) is 5.11 Å². The second-order valence-electron chi connectivity index (χ2n) is 10.4. The van der Waals surface area contributed by atoms with Crippen molar-refractivity contribution in [3.05, 3.63) is 84.1 Å². The third kappa shape index (κ3) is 4.07. The Morgan fingerprint density at radius 3 is 1.61 bits per heavy atom. The molecule has 0 atom stereocenters. The molecule has 31 heavy (non-hydrogen) atoms. The van der Waals surface area contributed by atoms with E-state index in [-0.39, 0.29) is 16.6 Å². The number of rotatable bonds is 2. The minimum atomic E-state index is 0.0888. The van der Waals surface area contributed by atoms with Gasteiger partial charge in [-0.05, 0) is 50.8 Å². The number of phenolic OH excluding ortho intramolecular Hbond substituents is 1. The quantitative estimate of drug-likeness (QED) is 0.365. The molecule has 1 heterocycles. The highest BCUT2D eigenvalue weighted by Crippen LogP contribution is 2.41. The van der Waals surface area contributed by atoms with Crippen LogP contribution in [0.15, 0.2) is 72.9 Å². The summed E-state index contributed by atoms with van der Waals surface area (Å²) in [6.07, 6.45) is 1.74. The summed E-state index contributed by atoms with van der Waals surface area (Å²) in [7, 11) is 0. The second-order valence-corrected chi connectivity index (χ2v) is 10.4. The van der Waals surface area contributed by atoms with Crippen molar-refractivity contribution in [1.82, 2.24) is 4.98 Å². The molecule has 0 amide bonds. The predicted molar refractivity (Wildman–Crippen MR) is 132 cm³/mol. The fourth-order valence-electron chi connectivity index (χ4n) is 3.99. The van der Waals surface area contributed by atoms with E-state index in [1.54, 1.807) is 6.20 Å². The molecule has 0 aliphatic heterocycles. The first kappa shape index (κ1) is 21.1. The number of hydrogen-bond acceptors (Lipinski definition) is 2. The van der Waals surface area contributed by atoms with Gasteiger partial charge in [0.2, 0.25) is 0 Å². The van der Waals surface area contributed by atoms with Crippen LogP contribution in [0.1, 0.15) is 52.7 Å². The van der Waals surface area contributed by atoms with Crippen LogP contribution in [0.3, 0.4) is 0 Å². The number of nitrogens with zero attached hydrogens (tertiary/aromatic N) is 1. The maximum Gasteiger partial charge on any atom is 0.149 e. The van der Waals surface area contributed by atoms with Gasteiger partial charge in [0.15, 0.2) is 0 Å². The van der Waals surface area contributed by atoms with Crippen LogP contribution in [-0.4, -0.2) is 10.1 Å². The molecule has 158 valence electrons. The van der Waals surface area contributed by atoms with Gasteiger partial charge in [0.05, 0.1) is 0 Å². The van der Waals surface area contributed by atoms with E-state index in [4.69, 9.17) is 0 Å². The lowest BCUT2D eigenvalue weighted by Crippen LogP contribution is -2.10. The molecule has 4 rings (SSSR count). The van der Waals surface area contributed by atoms with Gasteiger partial charge in [-0.2, -0.15) is 0 Å². The molecule has 2 heteroatoms. The average molecular weight is 410 g/mol. The number of hydrogen-bond donors (Lipinski definition) is 1. The van der Waals surface area contributed by atoms with E-state index in [0.29, 0.717) is 5.52 Å². The molecule has 0 aliphatic rings. The van der Waals surface area contributed by atoms with E-state index in [2.05, 4.69) is 101 Å². The maximum absolute atomic E-state index is 11.1. The van der Waals surface area contributed by atoms with Crippen molar-refractivity contribution < 1.29 is 5.11 Å². The molecule has 0 unspecified atom stereocenters. The summed E-state index contributed by atoms with van der Waals surface area (Å²) < 4.78 is 0. The van der Waals surface area contributed by atoms with Gasteiger partial charge in [0, 0.05) is 17.1 Å². The summed E-state index contributed by atoms with van der Waals surface area (Å²) >= 11 is 0. The lowest BCUT2D eigenvalue weighted by Gasteiger charge is -2.20. The largest absolute Gasteiger partial charge is 0.505 e. The molecule has 0 bridgehead atoms. The first-order valence-electron chi connectivity index (χ1n) is 10.9. The normalized spacial score (nSPS) is 12.3. The number of aromatic hydroxyl groups is 1. The van der Waals surface area contributed by atoms with E-state index in [0.717, 1.165) is 27.6 Å². The van der Waals surface area contributed by atoms with Gasteiger partial charge >= 0.3 is 0 Å². The molecule has 0 fully saturated rings. The standard InChI is InChI=1S/C29H31NO/c1-28(2,3)21-13-9-19(10-14-21)24-18-25(27(31)26-23(24)8-7-17-30-26)20-11-15-22(16-12-20)29(4,5)6/h7-18,31H,1-6H3. The lowest BCUT2D eigenvalue weighted by molar-refractivity contribution is 0.482. The van der Waals surface area contributed by atoms with Gasteiger partial charge in [-0.15, -0.1) is 0 Å². The zero-order valence-corrected chi connectivity index (χ0v) is 19.3. The van der Waals surface area contributed by atoms with Crippen molar-refractivity contribution in [2.45, 2.75) is 52.4 Å². The summed E-state index contributed by atoms with van der Waals surface area (Å²) in [4.78, 5) is 4.52. The Morgan fingerprint density at radius 1 is 0.645 bits per heavy atom. The fourth-order valence-corrected chi connectivity index (χ4v) is 3.99. The molecule has 0 radical (unpaired) electrons. The lowest BCUT2D eigenvalue weighted by atomic mass is 9.85. The summed E-state index contributed by atoms with van der Waals surface area (Å²) in [6, 6.07) is 23.3. The molecule has 4 aromatic rings. The molecule has 1 aromatic heterocycles. The van der Waals surface area contributed by atoms with Gasteiger partial charge in [0.1, 0.15) is 11.3 Å². The van der Waals surface area contributed by atoms with Crippen molar-refractivity contribution in [2.24, 2.45) is 0 Å². The Kier molecular flexibility index (Phi) is 5.13. The zero-order chi connectivity index (χ0) is 22.4. The highest BCUT2D eigenvalue weighted by Gasteiger charge is 2.18. The summed E-state index contributed by atoms with van der Waals surface area (Å²) in [5.74, 6) is 0.231. The van der Waals surface area contributed by atoms with Crippen LogP contribution < -0.4 is 0 Å². The molecule has 3 aromatic carbocycles. The van der Waals surface area contributed by atoms with Crippen molar-refractivity contribution in [2.75, 3.05) is 0 Å². The minimum Gasteiger partial charge on any atom is -0.505 e. The van der Waals surface area contributed by atoms with Crippen molar-refractivity contribution >= 4 is 10.9 Å². The summed E-state index contributed by atoms with van der Waals surface area (Å²) in [5, 5.41) is 12.0. The number of phenols is 1. The molecular formula is C29H31NO. The van der Waals surface area contributed by atoms with Crippen LogP contribution in [-0.2, 0) is 10.8 Å². The number of fused-ring (bicyclic) bond motifs is 1. The average Bonchev–Trinajstić information content (AvgIpc) is 2.73. The summed E-state index contributed by atoms with van der Waals surface area (Å²) in [6.45, 7) is 13.3. The van der Waals surface area contributed by atoms with Gasteiger partial charge in [0.25, 0.3) is 0 Å². The highest BCUT2D eigenvalue weighted by atomic mass is 16.3. The molecule has 0 spiro atoms. The van der Waals surface area contributed by atoms with Crippen molar-refractivity contribution in [3.63, 3.8) is 0 Å². The second kappa shape index (κ2) is 7.53. The van der Waals surface area contributed by atoms with Crippen LogP contribution >= 0.6 is 0 Å². The number of benzene rings is 3. The van der Waals surface area contributed by atoms with Crippen LogP contribution in [0.2, 0.25) is 0 Å². The van der Waals surface area contributed by atoms with Crippen LogP contribution in [0, 0.1) is 0 Å². The molecule has 2 nitrogen and oxygen atoms in total. The molecule has 0 saturated carbocycles. The first-order chi connectivity index (χ1) is 14.6. The Bertz CT molecular complexity index is 1220. The molecule has 1 N–H and O–H groups in total. The topological polar surface area (TPSA) is 33.1 Å². The number of pyridine rings is 1. The van der Waals surface area contributed by atoms with E-state index < -0.39 is 0 Å². The van der Waals surface area contributed by atoms with Crippen molar-refractivity contribution in [3.8, 4) is 28.0 Å². The van der Waals surface area contributed by atoms with Gasteiger partial charge in [-0.3, -0.25) is 4.98 Å². The smallest absolute Gasteiger partial charge is 0.149 e. The molecule has 0 aliphatic carbocycles.